The number of fused-ring (bicyclic) bond motifs is 1. The van der Waals surface area contributed by atoms with Gasteiger partial charge in [0.2, 0.25) is 0 Å². The van der Waals surface area contributed by atoms with Gasteiger partial charge in [-0.2, -0.15) is 0 Å². The number of aryl methyl sites for hydroxylation is 1. The van der Waals surface area contributed by atoms with Gasteiger partial charge in [0.15, 0.2) is 0 Å². The molecule has 1 fully saturated rings. The van der Waals surface area contributed by atoms with Crippen LogP contribution in [0.1, 0.15) is 32.8 Å². The summed E-state index contributed by atoms with van der Waals surface area (Å²) in [7, 11) is 0. The van der Waals surface area contributed by atoms with E-state index in [-0.39, 0.29) is 12.1 Å². The highest BCUT2D eigenvalue weighted by Crippen LogP contribution is 2.25. The number of pyridine rings is 2. The van der Waals surface area contributed by atoms with Crippen LogP contribution in [-0.4, -0.2) is 50.1 Å². The number of hydrogen-bond donors (Lipinski definition) is 1. The third-order valence-corrected chi connectivity index (χ3v) is 5.39. The van der Waals surface area contributed by atoms with E-state index in [9.17, 15) is 4.79 Å². The summed E-state index contributed by atoms with van der Waals surface area (Å²) in [5.74, 6) is 0.761. The molecular formula is C22H26ClN5O2. The number of likely N-dealkylation sites (tertiary alicyclic amines) is 1. The number of imidazole rings is 1. The Morgan fingerprint density at radius 2 is 2.13 bits per heavy atom. The van der Waals surface area contributed by atoms with Gasteiger partial charge in [-0.15, -0.1) is 0 Å². The lowest BCUT2D eigenvalue weighted by molar-refractivity contribution is 0.0293. The number of carbonyl (C=O) groups excluding carboxylic acids is 1. The van der Waals surface area contributed by atoms with Gasteiger partial charge in [-0.25, -0.2) is 14.8 Å². The van der Waals surface area contributed by atoms with Gasteiger partial charge in [0.25, 0.3) is 0 Å². The molecule has 1 N–H and O–H groups in total. The number of halogens is 1. The summed E-state index contributed by atoms with van der Waals surface area (Å²) in [6.45, 7) is 8.84. The van der Waals surface area contributed by atoms with E-state index in [0.717, 1.165) is 34.8 Å². The van der Waals surface area contributed by atoms with Gasteiger partial charge >= 0.3 is 6.09 Å². The molecule has 1 aliphatic heterocycles. The number of anilines is 1. The number of rotatable bonds is 3. The first kappa shape index (κ1) is 20.5. The lowest BCUT2D eigenvalue weighted by atomic mass is 10.2. The van der Waals surface area contributed by atoms with Gasteiger partial charge in [0.1, 0.15) is 17.1 Å². The highest BCUT2D eigenvalue weighted by Gasteiger charge is 2.29. The first-order chi connectivity index (χ1) is 14.2. The van der Waals surface area contributed by atoms with E-state index < -0.39 is 5.60 Å². The van der Waals surface area contributed by atoms with Crippen molar-refractivity contribution in [1.29, 1.82) is 0 Å². The molecule has 1 unspecified atom stereocenters. The van der Waals surface area contributed by atoms with Crippen molar-refractivity contribution in [3.05, 3.63) is 47.2 Å². The van der Waals surface area contributed by atoms with Crippen LogP contribution in [0.15, 0.2) is 36.7 Å². The van der Waals surface area contributed by atoms with Crippen molar-refractivity contribution in [1.82, 2.24) is 19.3 Å². The number of nitrogens with one attached hydrogen (secondary N) is 1. The Kier molecular flexibility index (Phi) is 5.32. The Balaban J connectivity index is 1.49. The summed E-state index contributed by atoms with van der Waals surface area (Å²) < 4.78 is 7.42. The van der Waals surface area contributed by atoms with Crippen molar-refractivity contribution in [3.8, 4) is 11.4 Å². The van der Waals surface area contributed by atoms with E-state index in [1.165, 1.54) is 0 Å². The fraction of sp³-hybridized carbons (Fsp3) is 0.409. The lowest BCUT2D eigenvalue weighted by Gasteiger charge is -2.24. The average molecular weight is 428 g/mol. The summed E-state index contributed by atoms with van der Waals surface area (Å²) in [6.07, 6.45) is 4.24. The highest BCUT2D eigenvalue weighted by molar-refractivity contribution is 6.31. The molecule has 0 radical (unpaired) electrons. The summed E-state index contributed by atoms with van der Waals surface area (Å²) >= 11 is 6.30. The van der Waals surface area contributed by atoms with E-state index >= 15 is 0 Å². The van der Waals surface area contributed by atoms with E-state index in [0.29, 0.717) is 18.1 Å². The number of amides is 1. The summed E-state index contributed by atoms with van der Waals surface area (Å²) in [4.78, 5) is 23.3. The smallest absolute Gasteiger partial charge is 0.410 e. The fourth-order valence-electron chi connectivity index (χ4n) is 3.52. The maximum Gasteiger partial charge on any atom is 0.410 e. The molecule has 158 valence electrons. The van der Waals surface area contributed by atoms with Crippen LogP contribution in [0, 0.1) is 6.92 Å². The van der Waals surface area contributed by atoms with Crippen LogP contribution < -0.4 is 5.32 Å². The third-order valence-electron chi connectivity index (χ3n) is 4.99. The van der Waals surface area contributed by atoms with Crippen LogP contribution in [0.25, 0.3) is 17.0 Å². The Morgan fingerprint density at radius 3 is 2.90 bits per heavy atom. The Labute approximate surface area is 181 Å². The maximum atomic E-state index is 12.3. The van der Waals surface area contributed by atoms with Gasteiger partial charge in [-0.05, 0) is 57.9 Å². The molecule has 30 heavy (non-hydrogen) atoms. The van der Waals surface area contributed by atoms with Crippen LogP contribution in [0.2, 0.25) is 5.02 Å². The van der Waals surface area contributed by atoms with Gasteiger partial charge in [-0.3, -0.25) is 4.40 Å². The predicted molar refractivity (Wildman–Crippen MR) is 118 cm³/mol. The lowest BCUT2D eigenvalue weighted by Crippen LogP contribution is -2.36. The average Bonchev–Trinajstić information content (AvgIpc) is 3.28. The quantitative estimate of drug-likeness (QED) is 0.651. The summed E-state index contributed by atoms with van der Waals surface area (Å²) in [6, 6.07) is 7.92. The molecule has 7 nitrogen and oxygen atoms in total. The highest BCUT2D eigenvalue weighted by atomic mass is 35.5. The van der Waals surface area contributed by atoms with Crippen LogP contribution in [0.4, 0.5) is 10.6 Å². The monoisotopic (exact) mass is 427 g/mol. The maximum absolute atomic E-state index is 12.3. The summed E-state index contributed by atoms with van der Waals surface area (Å²) in [5, 5.41) is 4.13. The molecule has 1 saturated heterocycles. The van der Waals surface area contributed by atoms with Gasteiger partial charge < -0.3 is 15.0 Å². The number of ether oxygens (including phenoxy) is 1. The molecule has 4 heterocycles. The van der Waals surface area contributed by atoms with Crippen LogP contribution in [0.5, 0.6) is 0 Å². The van der Waals surface area contributed by atoms with E-state index in [1.54, 1.807) is 11.1 Å². The molecule has 0 bridgehead atoms. The Hall–Kier alpha value is -2.80. The number of hydrogen-bond acceptors (Lipinski definition) is 5. The van der Waals surface area contributed by atoms with Gasteiger partial charge in [0.05, 0.1) is 22.6 Å². The normalized spacial score (nSPS) is 16.8. The predicted octanol–water partition coefficient (Wildman–Crippen LogP) is 4.78. The standard InChI is InChI=1S/C22H26ClN5O2/c1-14-10-20-24-11-18(28(20)13-16(14)23)17-6-5-7-19(26-17)25-15-8-9-27(12-15)21(29)30-22(2,3)4/h5-7,10-11,13,15H,8-9,12H2,1-4H3,(H,25,26). The molecule has 4 rings (SSSR count). The number of aromatic nitrogens is 3. The minimum atomic E-state index is -0.492. The second-order valence-corrected chi connectivity index (χ2v) is 9.05. The van der Waals surface area contributed by atoms with Crippen molar-refractivity contribution >= 4 is 29.2 Å². The molecule has 1 amide bonds. The largest absolute Gasteiger partial charge is 0.444 e. The molecule has 8 heteroatoms. The second kappa shape index (κ2) is 7.80. The molecule has 1 aliphatic rings. The fourth-order valence-corrected chi connectivity index (χ4v) is 3.67. The minimum Gasteiger partial charge on any atom is -0.444 e. The molecule has 3 aromatic heterocycles. The minimum absolute atomic E-state index is 0.125. The molecule has 0 aliphatic carbocycles. The second-order valence-electron chi connectivity index (χ2n) is 8.64. The van der Waals surface area contributed by atoms with Crippen molar-refractivity contribution in [2.45, 2.75) is 45.8 Å². The van der Waals surface area contributed by atoms with Crippen LogP contribution in [-0.2, 0) is 4.74 Å². The molecule has 0 aromatic carbocycles. The zero-order valence-corrected chi connectivity index (χ0v) is 18.4. The molecule has 3 aromatic rings. The topological polar surface area (TPSA) is 71.8 Å². The van der Waals surface area contributed by atoms with Crippen LogP contribution >= 0.6 is 11.6 Å². The molecule has 0 spiro atoms. The van der Waals surface area contributed by atoms with E-state index in [4.69, 9.17) is 21.3 Å². The first-order valence-electron chi connectivity index (χ1n) is 10.0. The summed E-state index contributed by atoms with van der Waals surface area (Å²) in [5.41, 5.74) is 3.00. The Morgan fingerprint density at radius 1 is 1.33 bits per heavy atom. The first-order valence-corrected chi connectivity index (χ1v) is 10.4. The Bertz CT molecular complexity index is 1090. The van der Waals surface area contributed by atoms with Gasteiger partial charge in [-0.1, -0.05) is 17.7 Å². The number of nitrogens with zero attached hydrogens (tertiary/aromatic N) is 4. The molecular weight excluding hydrogens is 402 g/mol. The van der Waals surface area contributed by atoms with Crippen LogP contribution in [0.3, 0.4) is 0 Å². The van der Waals surface area contributed by atoms with Crippen molar-refractivity contribution in [2.24, 2.45) is 0 Å². The zero-order chi connectivity index (χ0) is 21.5. The number of carbonyl (C=O) groups is 1. The molecule has 1 atom stereocenters. The van der Waals surface area contributed by atoms with Crippen molar-refractivity contribution in [2.75, 3.05) is 18.4 Å². The zero-order valence-electron chi connectivity index (χ0n) is 17.6. The van der Waals surface area contributed by atoms with E-state index in [2.05, 4.69) is 10.3 Å². The van der Waals surface area contributed by atoms with E-state index in [1.807, 2.05) is 62.6 Å². The third kappa shape index (κ3) is 4.36. The van der Waals surface area contributed by atoms with Crippen molar-refractivity contribution in [3.63, 3.8) is 0 Å². The molecule has 0 saturated carbocycles. The van der Waals surface area contributed by atoms with Gasteiger partial charge in [0, 0.05) is 25.3 Å². The van der Waals surface area contributed by atoms with Crippen molar-refractivity contribution < 1.29 is 9.53 Å². The SMILES string of the molecule is Cc1cc2ncc(-c3cccc(NC4CCN(C(=O)OC(C)(C)C)C4)n3)n2cc1Cl.